The van der Waals surface area contributed by atoms with Crippen LogP contribution in [0.4, 0.5) is 11.4 Å². The molecule has 0 amide bonds. The largest absolute Gasteiger partial charge is 0.506 e. The van der Waals surface area contributed by atoms with Crippen LogP contribution in [0.15, 0.2) is 37.0 Å². The van der Waals surface area contributed by atoms with Gasteiger partial charge in [0.2, 0.25) is 0 Å². The van der Waals surface area contributed by atoms with E-state index in [0.29, 0.717) is 22.5 Å². The molecular formula is C27H43N5O2S. The normalized spacial score (nSPS) is 12.7. The summed E-state index contributed by atoms with van der Waals surface area (Å²) in [4.78, 5) is 13.2. The van der Waals surface area contributed by atoms with Crippen molar-refractivity contribution in [1.29, 1.82) is 5.41 Å². The minimum atomic E-state index is 0.107. The molecule has 5 N–H and O–H groups in total. The van der Waals surface area contributed by atoms with Gasteiger partial charge >= 0.3 is 0 Å². The molecule has 0 atom stereocenters. The summed E-state index contributed by atoms with van der Waals surface area (Å²) >= 11 is 2.01. The van der Waals surface area contributed by atoms with Crippen LogP contribution in [0.3, 0.4) is 0 Å². The van der Waals surface area contributed by atoms with Gasteiger partial charge in [-0.1, -0.05) is 32.6 Å². The number of hydrogen-bond donors (Lipinski definition) is 5. The van der Waals surface area contributed by atoms with Crippen LogP contribution in [0.25, 0.3) is 6.08 Å². The number of carbonyl (C=O) groups is 1. The highest BCUT2D eigenvalue weighted by atomic mass is 32.2. The van der Waals surface area contributed by atoms with Crippen molar-refractivity contribution in [3.8, 4) is 5.75 Å². The third kappa shape index (κ3) is 10.5. The lowest BCUT2D eigenvalue weighted by molar-refractivity contribution is -0.106. The van der Waals surface area contributed by atoms with Gasteiger partial charge in [-0.05, 0) is 58.5 Å². The Morgan fingerprint density at radius 1 is 1.23 bits per heavy atom. The van der Waals surface area contributed by atoms with Gasteiger partial charge in [-0.3, -0.25) is 10.4 Å². The number of aromatic nitrogens is 1. The van der Waals surface area contributed by atoms with Crippen molar-refractivity contribution < 1.29 is 9.90 Å². The third-order valence-corrected chi connectivity index (χ3v) is 6.51. The first kappa shape index (κ1) is 32.2. The zero-order valence-electron chi connectivity index (χ0n) is 22.5. The average molecular weight is 502 g/mol. The molecule has 2 heterocycles. The van der Waals surface area contributed by atoms with Crippen LogP contribution in [-0.2, 0) is 4.79 Å². The first-order valence-corrected chi connectivity index (χ1v) is 13.0. The van der Waals surface area contributed by atoms with Crippen LogP contribution in [0, 0.1) is 5.41 Å². The molecule has 1 aliphatic heterocycles. The molecule has 1 fully saturated rings. The maximum atomic E-state index is 9.98. The molecule has 0 aliphatic carbocycles. The third-order valence-electron chi connectivity index (χ3n) is 4.83. The Kier molecular flexibility index (Phi) is 15.4. The van der Waals surface area contributed by atoms with E-state index in [0.717, 1.165) is 17.5 Å². The van der Waals surface area contributed by atoms with Gasteiger partial charge in [-0.25, -0.2) is 0 Å². The predicted octanol–water partition coefficient (Wildman–Crippen LogP) is 5.65. The van der Waals surface area contributed by atoms with Crippen LogP contribution < -0.4 is 16.0 Å². The van der Waals surface area contributed by atoms with Crippen molar-refractivity contribution in [2.24, 2.45) is 0 Å². The van der Waals surface area contributed by atoms with Gasteiger partial charge in [-0.2, -0.15) is 11.8 Å². The highest BCUT2D eigenvalue weighted by molar-refractivity contribution is 8.00. The number of nitrogens with zero attached hydrogens (tertiary/aromatic N) is 1. The number of pyridine rings is 1. The molecule has 1 aromatic heterocycles. The van der Waals surface area contributed by atoms with Gasteiger partial charge in [0.15, 0.2) is 0 Å². The maximum absolute atomic E-state index is 9.98. The van der Waals surface area contributed by atoms with Crippen molar-refractivity contribution in [2.75, 3.05) is 36.2 Å². The van der Waals surface area contributed by atoms with E-state index in [9.17, 15) is 5.11 Å². The van der Waals surface area contributed by atoms with Crippen molar-refractivity contribution in [3.05, 3.63) is 53.9 Å². The lowest BCUT2D eigenvalue weighted by Crippen LogP contribution is -2.51. The van der Waals surface area contributed by atoms with Crippen molar-refractivity contribution >= 4 is 41.2 Å². The van der Waals surface area contributed by atoms with E-state index in [2.05, 4.69) is 34.4 Å². The minimum Gasteiger partial charge on any atom is -0.506 e. The van der Waals surface area contributed by atoms with Crippen molar-refractivity contribution in [3.63, 3.8) is 0 Å². The number of benzene rings is 1. The molecule has 8 heteroatoms. The van der Waals surface area contributed by atoms with E-state index in [1.165, 1.54) is 18.4 Å². The highest BCUT2D eigenvalue weighted by Crippen LogP contribution is 2.28. The fourth-order valence-corrected chi connectivity index (χ4v) is 3.91. The number of aldehydes is 1. The van der Waals surface area contributed by atoms with Gasteiger partial charge < -0.3 is 25.9 Å². The number of phenolic OH excluding ortho intramolecular Hbond substituents is 1. The molecule has 0 unspecified atom stereocenters. The summed E-state index contributed by atoms with van der Waals surface area (Å²) in [6.45, 7) is 15.5. The Hall–Kier alpha value is -2.84. The summed E-state index contributed by atoms with van der Waals surface area (Å²) in [7, 11) is 3.76. The second-order valence-electron chi connectivity index (χ2n) is 8.06. The number of anilines is 2. The van der Waals surface area contributed by atoms with E-state index in [-0.39, 0.29) is 17.5 Å². The van der Waals surface area contributed by atoms with E-state index in [4.69, 9.17) is 10.2 Å². The van der Waals surface area contributed by atoms with E-state index < -0.39 is 0 Å². The quantitative estimate of drug-likeness (QED) is 0.189. The van der Waals surface area contributed by atoms with Crippen LogP contribution in [0.5, 0.6) is 5.75 Å². The number of aromatic hydroxyl groups is 1. The van der Waals surface area contributed by atoms with Crippen LogP contribution >= 0.6 is 11.8 Å². The Labute approximate surface area is 215 Å². The van der Waals surface area contributed by atoms with Crippen molar-refractivity contribution in [2.45, 2.75) is 53.1 Å². The van der Waals surface area contributed by atoms with Crippen LogP contribution in [0.1, 0.15) is 58.4 Å². The second-order valence-corrected chi connectivity index (χ2v) is 9.05. The number of carbonyl (C=O) groups excluding carboxylic acids is 1. The Balaban J connectivity index is 0.000000797. The van der Waals surface area contributed by atoms with E-state index in [1.807, 2.05) is 52.6 Å². The Morgan fingerprint density at radius 2 is 1.83 bits per heavy atom. The Bertz CT molecular complexity index is 938. The maximum Gasteiger partial charge on any atom is 0.139 e. The summed E-state index contributed by atoms with van der Waals surface area (Å²) in [6, 6.07) is 7.23. The molecule has 0 saturated carbocycles. The number of hydrogen-bond acceptors (Lipinski definition) is 8. The van der Waals surface area contributed by atoms with Gasteiger partial charge in [0, 0.05) is 41.9 Å². The molecule has 1 saturated heterocycles. The number of thioether (sulfide) groups is 1. The fraction of sp³-hybridized carbons (Fsp3) is 0.444. The first-order valence-electron chi connectivity index (χ1n) is 11.8. The smallest absolute Gasteiger partial charge is 0.139 e. The average Bonchev–Trinajstić information content (AvgIpc) is 2.83. The molecule has 35 heavy (non-hydrogen) atoms. The standard InChI is InChI=1S/C18H22N4O.C5H11NS.C2H4O.C2H6/c1-5-12-8-15(22-11(2)3)18(21-10-12)17(19)13-6-7-14(20-4)16(23)9-13;1-5(6-2)3-7-4-5;1-2-3;1-2/h5-11,19-20,22-23H,1H2,2-4H3;6H,3-4H2,1-2H3;2H,1H3;1-2H3. The van der Waals surface area contributed by atoms with Gasteiger partial charge in [-0.15, -0.1) is 0 Å². The van der Waals surface area contributed by atoms with Gasteiger partial charge in [0.25, 0.3) is 0 Å². The van der Waals surface area contributed by atoms with E-state index >= 15 is 0 Å². The highest BCUT2D eigenvalue weighted by Gasteiger charge is 2.29. The molecule has 1 aromatic carbocycles. The molecule has 0 radical (unpaired) electrons. The number of nitrogens with one attached hydrogen (secondary N) is 4. The van der Waals surface area contributed by atoms with Crippen LogP contribution in [0.2, 0.25) is 0 Å². The fourth-order valence-electron chi connectivity index (χ4n) is 2.80. The molecule has 194 valence electrons. The number of phenols is 1. The molecule has 3 rings (SSSR count). The molecule has 0 bridgehead atoms. The summed E-state index contributed by atoms with van der Waals surface area (Å²) in [5, 5.41) is 27.9. The monoisotopic (exact) mass is 501 g/mol. The lowest BCUT2D eigenvalue weighted by atomic mass is 10.0. The lowest BCUT2D eigenvalue weighted by Gasteiger charge is -2.37. The summed E-state index contributed by atoms with van der Waals surface area (Å²) in [5.74, 6) is 2.67. The molecule has 7 nitrogen and oxygen atoms in total. The number of rotatable bonds is 7. The van der Waals surface area contributed by atoms with Crippen LogP contribution in [-0.4, -0.2) is 59.3 Å². The molecule has 0 spiro atoms. The Morgan fingerprint density at radius 3 is 2.20 bits per heavy atom. The summed E-state index contributed by atoms with van der Waals surface area (Å²) in [5.41, 5.74) is 4.16. The molecular weight excluding hydrogens is 458 g/mol. The zero-order valence-corrected chi connectivity index (χ0v) is 23.3. The molecule has 1 aliphatic rings. The molecule has 2 aromatic rings. The first-order chi connectivity index (χ1) is 16.6. The summed E-state index contributed by atoms with van der Waals surface area (Å²) in [6.07, 6.45) is 4.16. The summed E-state index contributed by atoms with van der Waals surface area (Å²) < 4.78 is 0. The SMILES string of the molecule is C=Cc1cnc(C(=N)c2ccc(NC)c(O)c2)c(NC(C)C)c1.CC.CC=O.CNC1(C)CSC1. The van der Waals surface area contributed by atoms with Gasteiger partial charge in [0.05, 0.1) is 17.1 Å². The van der Waals surface area contributed by atoms with Crippen molar-refractivity contribution in [1.82, 2.24) is 10.3 Å². The topological polar surface area (TPSA) is 110 Å². The second kappa shape index (κ2) is 16.7. The zero-order chi connectivity index (χ0) is 27.0. The minimum absolute atomic E-state index is 0.107. The van der Waals surface area contributed by atoms with E-state index in [1.54, 1.807) is 37.5 Å². The predicted molar refractivity (Wildman–Crippen MR) is 155 cm³/mol. The van der Waals surface area contributed by atoms with Gasteiger partial charge in [0.1, 0.15) is 17.7 Å².